The van der Waals surface area contributed by atoms with Crippen molar-refractivity contribution in [2.24, 2.45) is 11.5 Å². The number of aliphatic carboxylic acids is 2. The summed E-state index contributed by atoms with van der Waals surface area (Å²) in [5, 5.41) is 18.1. The standard InChI is InChI=1S/2C2HF3O2.2CH4N2S/c2*3-2(4,5)1(6)7;2*2-1(3)4/h2*(H,6,7);2*(H4,2,3,4). The molecule has 0 atom stereocenters. The van der Waals surface area contributed by atoms with Gasteiger partial charge in [-0.2, -0.15) is 26.3 Å². The molecule has 0 radical (unpaired) electrons. The molecule has 0 amide bonds. The molecule has 132 valence electrons. The monoisotopic (exact) mass is 380 g/mol. The molecule has 0 aliphatic carbocycles. The van der Waals surface area contributed by atoms with E-state index in [1.165, 1.54) is 0 Å². The molecular formula is C6H10F6N4O4S2. The van der Waals surface area contributed by atoms with Crippen LogP contribution < -0.4 is 33.1 Å². The predicted octanol–water partition coefficient (Wildman–Crippen LogP) is -4.46. The number of thiocarbonyl (C=S) groups is 2. The highest BCUT2D eigenvalue weighted by atomic mass is 32.1. The summed E-state index contributed by atoms with van der Waals surface area (Å²) in [7, 11) is 0. The van der Waals surface area contributed by atoms with Crippen molar-refractivity contribution < 1.29 is 57.6 Å². The van der Waals surface area contributed by atoms with E-state index in [1.807, 2.05) is 0 Å². The molecule has 22 heavy (non-hydrogen) atoms. The van der Waals surface area contributed by atoms with Crippen LogP contribution in [-0.2, 0) is 9.59 Å². The largest absolute Gasteiger partial charge is 0.542 e. The molecule has 0 aliphatic rings. The van der Waals surface area contributed by atoms with Crippen molar-refractivity contribution in [3.63, 3.8) is 0 Å². The van der Waals surface area contributed by atoms with Gasteiger partial charge in [-0.05, 0) is 0 Å². The van der Waals surface area contributed by atoms with Gasteiger partial charge >= 0.3 is 12.4 Å². The number of alkyl halides is 6. The van der Waals surface area contributed by atoms with Crippen LogP contribution in [-0.4, -0.2) is 34.5 Å². The van der Waals surface area contributed by atoms with Gasteiger partial charge in [-0.15, -0.1) is 0 Å². The van der Waals surface area contributed by atoms with E-state index in [-0.39, 0.29) is 10.2 Å². The summed E-state index contributed by atoms with van der Waals surface area (Å²) in [4.78, 5) is 17.6. The lowest BCUT2D eigenvalue weighted by Crippen LogP contribution is -2.60. The molecule has 0 rings (SSSR count). The lowest BCUT2D eigenvalue weighted by Gasteiger charge is -2.03. The molecule has 0 heterocycles. The first kappa shape index (κ1) is 28.4. The summed E-state index contributed by atoms with van der Waals surface area (Å²) < 4.78 is 63.1. The van der Waals surface area contributed by atoms with E-state index in [1.54, 1.807) is 0 Å². The van der Waals surface area contributed by atoms with Gasteiger partial charge in [0.15, 0.2) is 0 Å². The highest BCUT2D eigenvalue weighted by Crippen LogP contribution is 2.12. The van der Waals surface area contributed by atoms with Gasteiger partial charge in [-0.3, -0.25) is 0 Å². The van der Waals surface area contributed by atoms with Crippen LogP contribution in [0.3, 0.4) is 0 Å². The Morgan fingerprint density at radius 1 is 0.773 bits per heavy atom. The average molecular weight is 380 g/mol. The third-order valence-corrected chi connectivity index (χ3v) is 0.463. The van der Waals surface area contributed by atoms with Gasteiger partial charge in [0, 0.05) is 24.4 Å². The van der Waals surface area contributed by atoms with Crippen LogP contribution in [0.5, 0.6) is 0 Å². The lowest BCUT2D eigenvalue weighted by molar-refractivity contribution is -0.344. The van der Waals surface area contributed by atoms with Crippen molar-refractivity contribution in [2.75, 3.05) is 0 Å². The zero-order valence-electron chi connectivity index (χ0n) is 10.3. The molecule has 0 saturated heterocycles. The highest BCUT2D eigenvalue weighted by Gasteiger charge is 2.29. The fourth-order valence-electron chi connectivity index (χ4n) is 0. The Bertz CT molecular complexity index is 342. The van der Waals surface area contributed by atoms with Crippen LogP contribution in [0.15, 0.2) is 0 Å². The van der Waals surface area contributed by atoms with E-state index in [2.05, 4.69) is 35.9 Å². The van der Waals surface area contributed by atoms with Crippen LogP contribution in [0.1, 0.15) is 0 Å². The number of hydrogen-bond acceptors (Lipinski definition) is 6. The molecule has 16 heteroatoms. The Morgan fingerprint density at radius 3 is 0.818 bits per heavy atom. The predicted molar refractivity (Wildman–Crippen MR) is 61.5 cm³/mol. The maximum atomic E-state index is 10.5. The van der Waals surface area contributed by atoms with E-state index in [4.69, 9.17) is 31.3 Å². The number of halogens is 6. The van der Waals surface area contributed by atoms with Gasteiger partial charge in [-0.25, -0.2) is 0 Å². The fraction of sp³-hybridized carbons (Fsp3) is 0.333. The summed E-state index contributed by atoms with van der Waals surface area (Å²) in [6.07, 6.45) is -10.4. The number of hydrogen-bond donors (Lipinski definition) is 4. The van der Waals surface area contributed by atoms with Crippen LogP contribution >= 0.6 is 24.4 Å². The number of rotatable bonds is 0. The normalized spacial score (nSPS) is 9.45. The van der Waals surface area contributed by atoms with E-state index in [0.29, 0.717) is 0 Å². The van der Waals surface area contributed by atoms with Gasteiger partial charge in [0.1, 0.15) is 11.9 Å². The van der Waals surface area contributed by atoms with Crippen molar-refractivity contribution in [2.45, 2.75) is 12.4 Å². The van der Waals surface area contributed by atoms with Crippen LogP contribution in [0.4, 0.5) is 26.3 Å². The maximum Gasteiger partial charge on any atom is 0.430 e. The minimum atomic E-state index is -5.19. The van der Waals surface area contributed by atoms with Crippen molar-refractivity contribution >= 4 is 46.6 Å². The number of nitrogens with two attached hydrogens (primary N) is 2. The van der Waals surface area contributed by atoms with E-state index in [0.717, 1.165) is 0 Å². The number of carboxylic acids is 2. The van der Waals surface area contributed by atoms with E-state index < -0.39 is 24.3 Å². The molecule has 10 N–H and O–H groups in total. The van der Waals surface area contributed by atoms with Crippen molar-refractivity contribution in [1.82, 2.24) is 0 Å². The third kappa shape index (κ3) is 51.7. The lowest BCUT2D eigenvalue weighted by atomic mass is 10.7. The summed E-state index contributed by atoms with van der Waals surface area (Å²) in [5.74, 6) is -6.01. The second kappa shape index (κ2) is 12.9. The molecule has 0 aliphatic heterocycles. The summed E-state index contributed by atoms with van der Waals surface area (Å²) >= 11 is 8.41. The number of carboxylic acid groups (broad SMARTS) is 2. The second-order valence-electron chi connectivity index (χ2n) is 2.50. The zero-order chi connectivity index (χ0) is 19.3. The number of carbonyl (C=O) groups is 2. The summed E-state index contributed by atoms with van der Waals surface area (Å²) in [6.45, 7) is 0. The SMILES string of the molecule is NC([NH3+])=S.NC([NH3+])=S.O=C([O-])C(F)(F)F.O=C([O-])C(F)(F)F. The summed E-state index contributed by atoms with van der Waals surface area (Å²) in [5.41, 5.74) is 15.8. The van der Waals surface area contributed by atoms with Crippen molar-refractivity contribution in [3.8, 4) is 0 Å². The Balaban J connectivity index is -0.000000102. The first-order chi connectivity index (χ1) is 9.35. The summed E-state index contributed by atoms with van der Waals surface area (Å²) in [6, 6.07) is 0. The van der Waals surface area contributed by atoms with Crippen molar-refractivity contribution in [3.05, 3.63) is 0 Å². The molecule has 0 unspecified atom stereocenters. The first-order valence-corrected chi connectivity index (χ1v) is 4.96. The van der Waals surface area contributed by atoms with Crippen molar-refractivity contribution in [1.29, 1.82) is 0 Å². The molecule has 0 aromatic heterocycles. The highest BCUT2D eigenvalue weighted by molar-refractivity contribution is 7.79. The first-order valence-electron chi connectivity index (χ1n) is 4.14. The number of quaternary nitrogens is 2. The van der Waals surface area contributed by atoms with Gasteiger partial charge in [0.25, 0.3) is 10.2 Å². The smallest absolute Gasteiger partial charge is 0.430 e. The minimum absolute atomic E-state index is 0.250. The second-order valence-corrected chi connectivity index (χ2v) is 3.55. The molecule has 8 nitrogen and oxygen atoms in total. The third-order valence-electron chi connectivity index (χ3n) is 0.463. The van der Waals surface area contributed by atoms with Gasteiger partial charge in [0.05, 0.1) is 0 Å². The van der Waals surface area contributed by atoms with Crippen LogP contribution in [0.25, 0.3) is 0 Å². The van der Waals surface area contributed by atoms with Gasteiger partial charge in [0.2, 0.25) is 0 Å². The van der Waals surface area contributed by atoms with Crippen LogP contribution in [0.2, 0.25) is 0 Å². The molecule has 0 bridgehead atoms. The Kier molecular flexibility index (Phi) is 16.7. The van der Waals surface area contributed by atoms with E-state index >= 15 is 0 Å². The van der Waals surface area contributed by atoms with Gasteiger partial charge < -0.3 is 42.7 Å². The Morgan fingerprint density at radius 2 is 0.818 bits per heavy atom. The molecular weight excluding hydrogens is 370 g/mol. The van der Waals surface area contributed by atoms with Crippen LogP contribution in [0, 0.1) is 0 Å². The average Bonchev–Trinajstić information content (AvgIpc) is 2.12. The van der Waals surface area contributed by atoms with Gasteiger partial charge in [-0.1, -0.05) is 0 Å². The minimum Gasteiger partial charge on any atom is -0.542 e. The topological polar surface area (TPSA) is 188 Å². The molecule has 0 aromatic carbocycles. The van der Waals surface area contributed by atoms with E-state index in [9.17, 15) is 26.3 Å². The molecule has 0 spiro atoms. The maximum absolute atomic E-state index is 10.5. The quantitative estimate of drug-likeness (QED) is 0.239. The Labute approximate surface area is 129 Å². The Hall–Kier alpha value is -1.78. The fourth-order valence-corrected chi connectivity index (χ4v) is 0. The molecule has 0 aromatic rings. The molecule has 0 saturated carbocycles. The zero-order valence-corrected chi connectivity index (χ0v) is 11.9. The molecule has 0 fully saturated rings. The number of carbonyl (C=O) groups excluding carboxylic acids is 2.